The fourth-order valence-electron chi connectivity index (χ4n) is 4.82. The Hall–Kier alpha value is -2.57. The van der Waals surface area contributed by atoms with Gasteiger partial charge >= 0.3 is 6.09 Å². The topological polar surface area (TPSA) is 98.5 Å². The maximum absolute atomic E-state index is 12.6. The number of likely N-dealkylation sites (tertiary alicyclic amines) is 1. The van der Waals surface area contributed by atoms with Crippen LogP contribution in [0.1, 0.15) is 40.5 Å². The van der Waals surface area contributed by atoms with Crippen molar-refractivity contribution in [2.24, 2.45) is 0 Å². The molecule has 0 bridgehead atoms. The molecule has 0 aliphatic carbocycles. The van der Waals surface area contributed by atoms with E-state index >= 15 is 0 Å². The lowest BCUT2D eigenvalue weighted by atomic mass is 9.97. The smallest absolute Gasteiger partial charge is 0.410 e. The molecule has 1 aliphatic heterocycles. The van der Waals surface area contributed by atoms with Crippen molar-refractivity contribution in [1.29, 1.82) is 0 Å². The quantitative estimate of drug-likeness (QED) is 0.214. The number of carbonyl (C=O) groups is 1. The third-order valence-electron chi connectivity index (χ3n) is 7.13. The Bertz CT molecular complexity index is 1320. The second-order valence-electron chi connectivity index (χ2n) is 12.8. The summed E-state index contributed by atoms with van der Waals surface area (Å²) in [5.74, 6) is 0.793. The second kappa shape index (κ2) is 12.1. The van der Waals surface area contributed by atoms with Gasteiger partial charge in [-0.3, -0.25) is 0 Å². The van der Waals surface area contributed by atoms with Gasteiger partial charge in [-0.05, 0) is 86.8 Å². The van der Waals surface area contributed by atoms with Crippen LogP contribution in [0.15, 0.2) is 28.7 Å². The molecule has 0 N–H and O–H groups in total. The number of hydrogen-bond acceptors (Lipinski definition) is 8. The van der Waals surface area contributed by atoms with Crippen molar-refractivity contribution in [2.45, 2.75) is 90.6 Å². The molecule has 218 valence electrons. The zero-order valence-corrected chi connectivity index (χ0v) is 27.5. The zero-order chi connectivity index (χ0) is 29.2. The Labute approximate surface area is 246 Å². The largest absolute Gasteiger partial charge is 0.444 e. The molecule has 10 nitrogen and oxygen atoms in total. The molecule has 0 radical (unpaired) electrons. The number of fused-ring (bicyclic) bond motifs is 1. The molecule has 1 aliphatic rings. The molecule has 1 fully saturated rings. The number of aromatic nitrogens is 5. The summed E-state index contributed by atoms with van der Waals surface area (Å²) in [5.41, 5.74) is 2.77. The van der Waals surface area contributed by atoms with Gasteiger partial charge in [0.2, 0.25) is 0 Å². The van der Waals surface area contributed by atoms with E-state index in [0.29, 0.717) is 19.9 Å². The molecule has 3 aromatic rings. The van der Waals surface area contributed by atoms with Gasteiger partial charge in [0, 0.05) is 50.4 Å². The van der Waals surface area contributed by atoms with Gasteiger partial charge in [-0.25, -0.2) is 9.48 Å². The first-order valence-corrected chi connectivity index (χ1v) is 18.4. The average molecular weight is 633 g/mol. The van der Waals surface area contributed by atoms with Crippen molar-refractivity contribution in [3.8, 4) is 11.3 Å². The van der Waals surface area contributed by atoms with Crippen LogP contribution in [0, 0.1) is 0 Å². The lowest BCUT2D eigenvalue weighted by Gasteiger charge is -2.41. The minimum atomic E-state index is -1.18. The van der Waals surface area contributed by atoms with Gasteiger partial charge < -0.3 is 19.3 Å². The molecule has 0 unspecified atom stereocenters. The van der Waals surface area contributed by atoms with Crippen molar-refractivity contribution < 1.29 is 14.3 Å². The van der Waals surface area contributed by atoms with Crippen molar-refractivity contribution in [2.75, 3.05) is 25.1 Å². The van der Waals surface area contributed by atoms with Gasteiger partial charge in [0.1, 0.15) is 23.4 Å². The van der Waals surface area contributed by atoms with E-state index in [4.69, 9.17) is 9.47 Å². The maximum Gasteiger partial charge on any atom is 0.410 e. The Kier molecular flexibility index (Phi) is 9.20. The van der Waals surface area contributed by atoms with Crippen molar-refractivity contribution in [3.05, 3.63) is 28.7 Å². The Morgan fingerprint density at radius 2 is 1.90 bits per heavy atom. The molecule has 12 heteroatoms. The molecule has 40 heavy (non-hydrogen) atoms. The highest BCUT2D eigenvalue weighted by Crippen LogP contribution is 2.32. The summed E-state index contributed by atoms with van der Waals surface area (Å²) in [6, 6.07) is 9.37. The predicted molar refractivity (Wildman–Crippen MR) is 164 cm³/mol. The molecule has 2 aromatic heterocycles. The third-order valence-corrected chi connectivity index (χ3v) is 9.48. The number of carbonyl (C=O) groups excluding carboxylic acids is 1. The van der Waals surface area contributed by atoms with Crippen LogP contribution >= 0.6 is 15.9 Å². The Morgan fingerprint density at radius 3 is 2.52 bits per heavy atom. The fraction of sp³-hybridized carbons (Fsp3) is 0.607. The summed E-state index contributed by atoms with van der Waals surface area (Å²) in [4.78, 5) is 16.6. The SMILES string of the molecule is C[C@@H]1C[C@H](N(C)c2ccc(-c3ccc(Br)c4nnn(COCC[Si](C)(C)C)c34)nn2)CCN1C(=O)OC(C)(C)C. The number of hydrogen-bond donors (Lipinski definition) is 0. The maximum atomic E-state index is 12.6. The van der Waals surface area contributed by atoms with Crippen LogP contribution in [0.2, 0.25) is 25.7 Å². The number of halogens is 1. The summed E-state index contributed by atoms with van der Waals surface area (Å²) in [7, 11) is 0.863. The minimum Gasteiger partial charge on any atom is -0.444 e. The monoisotopic (exact) mass is 631 g/mol. The van der Waals surface area contributed by atoms with E-state index in [2.05, 4.69) is 67.9 Å². The number of amides is 1. The second-order valence-corrected chi connectivity index (χ2v) is 19.3. The van der Waals surface area contributed by atoms with Gasteiger partial charge in [-0.2, -0.15) is 0 Å². The van der Waals surface area contributed by atoms with Crippen LogP contribution < -0.4 is 4.90 Å². The lowest BCUT2D eigenvalue weighted by Crippen LogP contribution is -2.51. The molecule has 0 saturated carbocycles. The van der Waals surface area contributed by atoms with Gasteiger partial charge in [-0.15, -0.1) is 15.3 Å². The van der Waals surface area contributed by atoms with Crippen molar-refractivity contribution >= 4 is 46.9 Å². The lowest BCUT2D eigenvalue weighted by molar-refractivity contribution is 0.0104. The first-order chi connectivity index (χ1) is 18.7. The standard InChI is InChI=1S/C28H42BrN7O3Si/c1-19-17-20(13-14-35(19)27(37)39-28(2,3)4)34(5)24-12-11-23(30-31-24)21-9-10-22(29)25-26(21)36(33-32-25)18-38-15-16-40(6,7)8/h9-12,19-20H,13-18H2,1-8H3/t19-,20-/m1/s1. The Balaban J connectivity index is 1.47. The molecular formula is C28H42BrN7O3Si. The summed E-state index contributed by atoms with van der Waals surface area (Å²) >= 11 is 3.61. The number of nitrogens with zero attached hydrogens (tertiary/aromatic N) is 7. The van der Waals surface area contributed by atoms with Crippen LogP contribution in [-0.2, 0) is 16.2 Å². The van der Waals surface area contributed by atoms with E-state index in [1.165, 1.54) is 0 Å². The molecule has 3 heterocycles. The average Bonchev–Trinajstić information content (AvgIpc) is 3.30. The van der Waals surface area contributed by atoms with Crippen LogP contribution in [0.3, 0.4) is 0 Å². The van der Waals surface area contributed by atoms with Crippen LogP contribution in [0.4, 0.5) is 10.6 Å². The number of benzene rings is 1. The predicted octanol–water partition coefficient (Wildman–Crippen LogP) is 6.19. The highest BCUT2D eigenvalue weighted by Gasteiger charge is 2.33. The molecule has 4 rings (SSSR count). The van der Waals surface area contributed by atoms with Crippen LogP contribution in [-0.4, -0.2) is 82.1 Å². The first kappa shape index (κ1) is 30.4. The van der Waals surface area contributed by atoms with E-state index in [-0.39, 0.29) is 18.2 Å². The molecular weight excluding hydrogens is 590 g/mol. The molecule has 1 saturated heterocycles. The minimum absolute atomic E-state index is 0.0695. The third kappa shape index (κ3) is 7.38. The molecule has 1 aromatic carbocycles. The van der Waals surface area contributed by atoms with E-state index in [9.17, 15) is 4.79 Å². The highest BCUT2D eigenvalue weighted by molar-refractivity contribution is 9.10. The molecule has 0 spiro atoms. The Morgan fingerprint density at radius 1 is 1.15 bits per heavy atom. The summed E-state index contributed by atoms with van der Waals surface area (Å²) in [6.07, 6.45) is 1.41. The summed E-state index contributed by atoms with van der Waals surface area (Å²) < 4.78 is 14.2. The van der Waals surface area contributed by atoms with Crippen LogP contribution in [0.25, 0.3) is 22.3 Å². The van der Waals surface area contributed by atoms with E-state index in [1.807, 2.05) is 57.0 Å². The zero-order valence-electron chi connectivity index (χ0n) is 24.9. The first-order valence-electron chi connectivity index (χ1n) is 13.9. The van der Waals surface area contributed by atoms with Gasteiger partial charge in [0.25, 0.3) is 0 Å². The number of anilines is 1. The normalized spacial score (nSPS) is 18.3. The van der Waals surface area contributed by atoms with Gasteiger partial charge in [-0.1, -0.05) is 24.9 Å². The van der Waals surface area contributed by atoms with Gasteiger partial charge in [0.05, 0.1) is 5.69 Å². The number of piperidine rings is 1. The van der Waals surface area contributed by atoms with Gasteiger partial charge in [0.15, 0.2) is 5.82 Å². The fourth-order valence-corrected chi connectivity index (χ4v) is 5.97. The highest BCUT2D eigenvalue weighted by atomic mass is 79.9. The molecule has 1 amide bonds. The van der Waals surface area contributed by atoms with Crippen molar-refractivity contribution in [3.63, 3.8) is 0 Å². The van der Waals surface area contributed by atoms with Crippen molar-refractivity contribution in [1.82, 2.24) is 30.1 Å². The summed E-state index contributed by atoms with van der Waals surface area (Å²) in [5, 5.41) is 17.9. The van der Waals surface area contributed by atoms with E-state index in [1.54, 1.807) is 4.68 Å². The van der Waals surface area contributed by atoms with E-state index in [0.717, 1.165) is 51.5 Å². The summed E-state index contributed by atoms with van der Waals surface area (Å²) in [6.45, 7) is 16.4. The molecule has 2 atom stereocenters. The van der Waals surface area contributed by atoms with Crippen LogP contribution in [0.5, 0.6) is 0 Å². The number of ether oxygens (including phenoxy) is 2. The number of rotatable bonds is 8. The van der Waals surface area contributed by atoms with E-state index < -0.39 is 13.7 Å².